The van der Waals surface area contributed by atoms with E-state index in [1.54, 1.807) is 43.3 Å². The van der Waals surface area contributed by atoms with Crippen molar-refractivity contribution in [3.05, 3.63) is 35.8 Å². The molecule has 0 aliphatic heterocycles. The normalized spacial score (nSPS) is 10.2. The highest BCUT2D eigenvalue weighted by atomic mass is 16.4. The van der Waals surface area contributed by atoms with E-state index in [9.17, 15) is 4.79 Å². The average molecular weight is 232 g/mol. The Morgan fingerprint density at radius 3 is 2.88 bits per heavy atom. The Morgan fingerprint density at radius 1 is 1.53 bits per heavy atom. The Kier molecular flexibility index (Phi) is 2.78. The van der Waals surface area contributed by atoms with E-state index >= 15 is 0 Å². The molecule has 0 spiro atoms. The van der Waals surface area contributed by atoms with Gasteiger partial charge in [0.2, 0.25) is 0 Å². The third-order valence-electron chi connectivity index (χ3n) is 2.34. The van der Waals surface area contributed by atoms with Crippen molar-refractivity contribution < 1.29 is 9.90 Å². The van der Waals surface area contributed by atoms with Crippen molar-refractivity contribution in [3.63, 3.8) is 0 Å². The maximum atomic E-state index is 11.1. The molecule has 0 amide bonds. The Balaban J connectivity index is 2.39. The van der Waals surface area contributed by atoms with Crippen LogP contribution in [0, 0.1) is 6.92 Å². The van der Waals surface area contributed by atoms with Gasteiger partial charge < -0.3 is 10.4 Å². The van der Waals surface area contributed by atoms with Crippen LogP contribution in [0.2, 0.25) is 0 Å². The fourth-order valence-corrected chi connectivity index (χ4v) is 1.55. The summed E-state index contributed by atoms with van der Waals surface area (Å²) in [5, 5.41) is 16.1. The lowest BCUT2D eigenvalue weighted by Gasteiger charge is -2.08. The maximum absolute atomic E-state index is 11.1. The van der Waals surface area contributed by atoms with Gasteiger partial charge in [0.05, 0.1) is 11.9 Å². The van der Waals surface area contributed by atoms with Gasteiger partial charge in [0.15, 0.2) is 0 Å². The zero-order chi connectivity index (χ0) is 12.4. The van der Waals surface area contributed by atoms with E-state index in [0.717, 1.165) is 0 Å². The highest BCUT2D eigenvalue weighted by molar-refractivity contribution is 5.95. The summed E-state index contributed by atoms with van der Waals surface area (Å²) in [7, 11) is 1.78. The van der Waals surface area contributed by atoms with Crippen LogP contribution in [-0.2, 0) is 7.05 Å². The van der Waals surface area contributed by atoms with Crippen LogP contribution in [0.1, 0.15) is 15.9 Å². The van der Waals surface area contributed by atoms with Crippen molar-refractivity contribution in [2.45, 2.75) is 6.92 Å². The number of aryl methyl sites for hydroxylation is 2. The van der Waals surface area contributed by atoms with Crippen LogP contribution in [0.3, 0.4) is 0 Å². The molecule has 0 fully saturated rings. The minimum absolute atomic E-state index is 0.177. The molecule has 0 aliphatic carbocycles. The van der Waals surface area contributed by atoms with E-state index in [2.05, 4.69) is 15.4 Å². The molecule has 0 saturated carbocycles. The fraction of sp³-hybridized carbons (Fsp3) is 0.182. The van der Waals surface area contributed by atoms with Crippen molar-refractivity contribution in [1.29, 1.82) is 0 Å². The summed E-state index contributed by atoms with van der Waals surface area (Å²) in [6.07, 6.45) is 4.92. The van der Waals surface area contributed by atoms with Crippen LogP contribution in [0.25, 0.3) is 0 Å². The SMILES string of the molecule is Cc1ccnc(Nc2cnn(C)c2)c1C(=O)O. The van der Waals surface area contributed by atoms with Crippen LogP contribution < -0.4 is 5.32 Å². The Bertz CT molecular complexity index is 562. The van der Waals surface area contributed by atoms with Gasteiger partial charge in [-0.15, -0.1) is 0 Å². The molecule has 2 N–H and O–H groups in total. The summed E-state index contributed by atoms with van der Waals surface area (Å²) >= 11 is 0. The first-order chi connectivity index (χ1) is 8.08. The Morgan fingerprint density at radius 2 is 2.29 bits per heavy atom. The molecule has 2 heterocycles. The molecule has 17 heavy (non-hydrogen) atoms. The Labute approximate surface area is 97.9 Å². The van der Waals surface area contributed by atoms with Gasteiger partial charge in [-0.3, -0.25) is 4.68 Å². The van der Waals surface area contributed by atoms with Crippen LogP contribution in [-0.4, -0.2) is 25.8 Å². The zero-order valence-corrected chi connectivity index (χ0v) is 9.51. The fourth-order valence-electron chi connectivity index (χ4n) is 1.55. The molecule has 0 radical (unpaired) electrons. The van der Waals surface area contributed by atoms with Gasteiger partial charge in [-0.25, -0.2) is 9.78 Å². The van der Waals surface area contributed by atoms with E-state index in [1.807, 2.05) is 0 Å². The van der Waals surface area contributed by atoms with Crippen molar-refractivity contribution >= 4 is 17.5 Å². The number of nitrogens with zero attached hydrogens (tertiary/aromatic N) is 3. The number of anilines is 2. The zero-order valence-electron chi connectivity index (χ0n) is 9.51. The van der Waals surface area contributed by atoms with Crippen LogP contribution in [0.4, 0.5) is 11.5 Å². The number of carboxylic acids is 1. The summed E-state index contributed by atoms with van der Waals surface area (Å²) in [5.74, 6) is -0.674. The molecule has 0 saturated heterocycles. The van der Waals surface area contributed by atoms with Gasteiger partial charge in [-0.1, -0.05) is 0 Å². The number of rotatable bonds is 3. The largest absolute Gasteiger partial charge is 0.478 e. The number of nitrogens with one attached hydrogen (secondary N) is 1. The molecule has 2 aromatic heterocycles. The van der Waals surface area contributed by atoms with Gasteiger partial charge in [0, 0.05) is 19.4 Å². The highest BCUT2D eigenvalue weighted by Crippen LogP contribution is 2.20. The molecule has 6 nitrogen and oxygen atoms in total. The highest BCUT2D eigenvalue weighted by Gasteiger charge is 2.14. The topological polar surface area (TPSA) is 80.0 Å². The lowest BCUT2D eigenvalue weighted by Crippen LogP contribution is -2.06. The summed E-state index contributed by atoms with van der Waals surface area (Å²) in [5.41, 5.74) is 1.54. The molecular weight excluding hydrogens is 220 g/mol. The minimum atomic E-state index is -0.998. The summed E-state index contributed by atoms with van der Waals surface area (Å²) in [6.45, 7) is 1.74. The molecule has 0 aliphatic rings. The Hall–Kier alpha value is -2.37. The van der Waals surface area contributed by atoms with Crippen LogP contribution >= 0.6 is 0 Å². The third-order valence-corrected chi connectivity index (χ3v) is 2.34. The lowest BCUT2D eigenvalue weighted by molar-refractivity contribution is 0.0697. The minimum Gasteiger partial charge on any atom is -0.478 e. The van der Waals surface area contributed by atoms with Gasteiger partial charge in [0.1, 0.15) is 11.4 Å². The summed E-state index contributed by atoms with van der Waals surface area (Å²) in [4.78, 5) is 15.2. The van der Waals surface area contributed by atoms with Gasteiger partial charge >= 0.3 is 5.97 Å². The first-order valence-electron chi connectivity index (χ1n) is 5.02. The molecule has 2 aromatic rings. The smallest absolute Gasteiger partial charge is 0.339 e. The van der Waals surface area contributed by atoms with E-state index in [0.29, 0.717) is 17.1 Å². The second kappa shape index (κ2) is 4.25. The van der Waals surface area contributed by atoms with Gasteiger partial charge in [0.25, 0.3) is 0 Å². The van der Waals surface area contributed by atoms with Crippen LogP contribution in [0.15, 0.2) is 24.7 Å². The van der Waals surface area contributed by atoms with E-state index in [4.69, 9.17) is 5.11 Å². The molecule has 0 aromatic carbocycles. The molecule has 0 unspecified atom stereocenters. The quantitative estimate of drug-likeness (QED) is 0.839. The third kappa shape index (κ3) is 2.25. The van der Waals surface area contributed by atoms with Gasteiger partial charge in [-0.2, -0.15) is 5.10 Å². The van der Waals surface area contributed by atoms with E-state index in [1.165, 1.54) is 0 Å². The first-order valence-corrected chi connectivity index (χ1v) is 5.02. The average Bonchev–Trinajstić information content (AvgIpc) is 2.63. The molecule has 2 rings (SSSR count). The van der Waals surface area contributed by atoms with E-state index < -0.39 is 5.97 Å². The van der Waals surface area contributed by atoms with E-state index in [-0.39, 0.29) is 5.56 Å². The number of hydrogen-bond donors (Lipinski definition) is 2. The number of carboxylic acid groups (broad SMARTS) is 1. The summed E-state index contributed by atoms with van der Waals surface area (Å²) < 4.78 is 1.62. The molecule has 6 heteroatoms. The van der Waals surface area contributed by atoms with Crippen molar-refractivity contribution in [2.75, 3.05) is 5.32 Å². The molecule has 88 valence electrons. The number of pyridine rings is 1. The number of aromatic nitrogens is 3. The van der Waals surface area contributed by atoms with Crippen molar-refractivity contribution in [2.24, 2.45) is 7.05 Å². The van der Waals surface area contributed by atoms with Crippen molar-refractivity contribution in [1.82, 2.24) is 14.8 Å². The van der Waals surface area contributed by atoms with Crippen molar-refractivity contribution in [3.8, 4) is 0 Å². The number of carbonyl (C=O) groups is 1. The second-order valence-electron chi connectivity index (χ2n) is 3.68. The molecule has 0 bridgehead atoms. The monoisotopic (exact) mass is 232 g/mol. The predicted octanol–water partition coefficient (Wildman–Crippen LogP) is 1.57. The maximum Gasteiger partial charge on any atom is 0.339 e. The molecule has 0 atom stereocenters. The number of hydrogen-bond acceptors (Lipinski definition) is 4. The van der Waals surface area contributed by atoms with Crippen LogP contribution in [0.5, 0.6) is 0 Å². The lowest BCUT2D eigenvalue weighted by atomic mass is 10.1. The standard InChI is InChI=1S/C11H12N4O2/c1-7-3-4-12-10(9(7)11(16)17)14-8-5-13-15(2)6-8/h3-6H,1-2H3,(H,12,14)(H,16,17). The second-order valence-corrected chi connectivity index (χ2v) is 3.68. The van der Waals surface area contributed by atoms with Gasteiger partial charge in [-0.05, 0) is 18.6 Å². The molecular formula is C11H12N4O2. The number of aromatic carboxylic acids is 1. The summed E-state index contributed by atoms with van der Waals surface area (Å²) in [6, 6.07) is 1.66. The predicted molar refractivity (Wildman–Crippen MR) is 62.4 cm³/mol. The first kappa shape index (κ1) is 11.1.